The van der Waals surface area contributed by atoms with E-state index in [1.807, 2.05) is 0 Å². The Balaban J connectivity index is 1.61. The second-order valence-electron chi connectivity index (χ2n) is 6.90. The molecule has 0 radical (unpaired) electrons. The fraction of sp³-hybridized carbons (Fsp3) is 0.647. The van der Waals surface area contributed by atoms with Crippen LogP contribution in [0.4, 0.5) is 5.82 Å². The highest BCUT2D eigenvalue weighted by Gasteiger charge is 2.41. The minimum Gasteiger partial charge on any atom is -0.367 e. The van der Waals surface area contributed by atoms with Crippen LogP contribution in [0.15, 0.2) is 6.07 Å². The monoisotopic (exact) mass is 335 g/mol. The van der Waals surface area contributed by atoms with Crippen molar-refractivity contribution in [3.05, 3.63) is 16.2 Å². The minimum atomic E-state index is 0.347. The number of nitrogens with zero attached hydrogens (tertiary/aromatic N) is 2. The number of nitrogens with one attached hydrogen (secondary N) is 1. The largest absolute Gasteiger partial charge is 0.367 e. The van der Waals surface area contributed by atoms with Crippen LogP contribution < -0.4 is 5.32 Å². The van der Waals surface area contributed by atoms with Gasteiger partial charge in [0.1, 0.15) is 10.6 Å². The van der Waals surface area contributed by atoms with E-state index >= 15 is 0 Å². The first-order chi connectivity index (χ1) is 10.6. The maximum absolute atomic E-state index is 6.13. The van der Waals surface area contributed by atoms with E-state index in [-0.39, 0.29) is 0 Å². The van der Waals surface area contributed by atoms with Crippen LogP contribution >= 0.6 is 22.9 Å². The van der Waals surface area contributed by atoms with Gasteiger partial charge in [0.15, 0.2) is 0 Å². The van der Waals surface area contributed by atoms with Crippen molar-refractivity contribution in [2.75, 3.05) is 5.32 Å². The predicted molar refractivity (Wildman–Crippen MR) is 93.8 cm³/mol. The second kappa shape index (κ2) is 5.64. The summed E-state index contributed by atoms with van der Waals surface area (Å²) in [4.78, 5) is 11.2. The highest BCUT2D eigenvalue weighted by Crippen LogP contribution is 2.50. The third-order valence-corrected chi connectivity index (χ3v) is 6.91. The number of aromatic nitrogens is 2. The number of thiophene rings is 1. The lowest BCUT2D eigenvalue weighted by Crippen LogP contribution is -2.30. The van der Waals surface area contributed by atoms with Gasteiger partial charge in [-0.15, -0.1) is 11.3 Å². The fourth-order valence-corrected chi connectivity index (χ4v) is 5.64. The zero-order chi connectivity index (χ0) is 15.3. The van der Waals surface area contributed by atoms with Gasteiger partial charge in [-0.05, 0) is 68.0 Å². The molecule has 0 aliphatic heterocycles. The molecule has 0 aromatic carbocycles. The Hall–Kier alpha value is -0.870. The van der Waals surface area contributed by atoms with E-state index in [9.17, 15) is 0 Å². The van der Waals surface area contributed by atoms with Crippen molar-refractivity contribution in [1.82, 2.24) is 9.97 Å². The summed E-state index contributed by atoms with van der Waals surface area (Å²) in [5, 5.41) is 5.13. The van der Waals surface area contributed by atoms with E-state index in [1.165, 1.54) is 30.6 Å². The SMILES string of the molecule is CCc1cc2c(NC(C)C3CC4CCC3C4)nc(Cl)nc2s1. The average Bonchev–Trinajstić information content (AvgIpc) is 3.20. The summed E-state index contributed by atoms with van der Waals surface area (Å²) in [6.45, 7) is 4.48. The smallest absolute Gasteiger partial charge is 0.225 e. The first kappa shape index (κ1) is 14.7. The molecule has 2 aromatic heterocycles. The molecule has 3 nitrogen and oxygen atoms in total. The number of anilines is 1. The molecule has 22 heavy (non-hydrogen) atoms. The zero-order valence-electron chi connectivity index (χ0n) is 13.1. The summed E-state index contributed by atoms with van der Waals surface area (Å²) in [7, 11) is 0. The number of fused-ring (bicyclic) bond motifs is 3. The van der Waals surface area contributed by atoms with Crippen molar-refractivity contribution >= 4 is 39.0 Å². The summed E-state index contributed by atoms with van der Waals surface area (Å²) < 4.78 is 0. The van der Waals surface area contributed by atoms with Gasteiger partial charge in [-0.25, -0.2) is 9.97 Å². The van der Waals surface area contributed by atoms with Gasteiger partial charge >= 0.3 is 0 Å². The van der Waals surface area contributed by atoms with Gasteiger partial charge in [0.2, 0.25) is 5.28 Å². The second-order valence-corrected chi connectivity index (χ2v) is 8.35. The molecule has 2 heterocycles. The summed E-state index contributed by atoms with van der Waals surface area (Å²) in [6, 6.07) is 2.67. The van der Waals surface area contributed by atoms with Gasteiger partial charge in [0.25, 0.3) is 0 Å². The van der Waals surface area contributed by atoms with E-state index in [2.05, 4.69) is 35.2 Å². The normalized spacial score (nSPS) is 28.4. The Morgan fingerprint density at radius 3 is 2.91 bits per heavy atom. The summed E-state index contributed by atoms with van der Waals surface area (Å²) in [5.74, 6) is 3.59. The Morgan fingerprint density at radius 2 is 2.23 bits per heavy atom. The van der Waals surface area contributed by atoms with Gasteiger partial charge in [-0.2, -0.15) is 0 Å². The van der Waals surface area contributed by atoms with Gasteiger partial charge in [-0.1, -0.05) is 13.3 Å². The third-order valence-electron chi connectivity index (χ3n) is 5.56. The first-order valence-electron chi connectivity index (χ1n) is 8.36. The van der Waals surface area contributed by atoms with Crippen LogP contribution in [0.2, 0.25) is 5.28 Å². The molecule has 4 atom stereocenters. The Bertz CT molecular complexity index is 699. The molecule has 1 N–H and O–H groups in total. The van der Waals surface area contributed by atoms with Gasteiger partial charge < -0.3 is 5.32 Å². The molecule has 2 aliphatic carbocycles. The van der Waals surface area contributed by atoms with Gasteiger partial charge in [0, 0.05) is 10.9 Å². The van der Waals surface area contributed by atoms with Crippen molar-refractivity contribution in [3.8, 4) is 0 Å². The molecule has 2 aromatic rings. The lowest BCUT2D eigenvalue weighted by molar-refractivity contribution is 0.304. The van der Waals surface area contributed by atoms with Crippen LogP contribution in [-0.2, 0) is 6.42 Å². The molecule has 4 rings (SSSR count). The molecule has 2 bridgehead atoms. The summed E-state index contributed by atoms with van der Waals surface area (Å²) >= 11 is 7.85. The molecule has 0 amide bonds. The van der Waals surface area contributed by atoms with Crippen LogP contribution in [-0.4, -0.2) is 16.0 Å². The Morgan fingerprint density at radius 1 is 1.36 bits per heavy atom. The van der Waals surface area contributed by atoms with Crippen LogP contribution in [0, 0.1) is 17.8 Å². The molecule has 0 saturated heterocycles. The molecular weight excluding hydrogens is 314 g/mol. The van der Waals surface area contributed by atoms with Crippen LogP contribution in [0.25, 0.3) is 10.2 Å². The zero-order valence-corrected chi connectivity index (χ0v) is 14.7. The number of hydrogen-bond donors (Lipinski definition) is 1. The van der Waals surface area contributed by atoms with Crippen molar-refractivity contribution in [2.45, 2.75) is 52.0 Å². The van der Waals surface area contributed by atoms with E-state index in [1.54, 1.807) is 11.3 Å². The number of rotatable bonds is 4. The predicted octanol–water partition coefficient (Wildman–Crippen LogP) is 5.14. The lowest BCUT2D eigenvalue weighted by Gasteiger charge is -2.29. The Labute approximate surface area is 140 Å². The average molecular weight is 336 g/mol. The number of halogens is 1. The van der Waals surface area contributed by atoms with E-state index < -0.39 is 0 Å². The van der Waals surface area contributed by atoms with Crippen molar-refractivity contribution in [3.63, 3.8) is 0 Å². The van der Waals surface area contributed by atoms with Crippen LogP contribution in [0.1, 0.15) is 44.4 Å². The van der Waals surface area contributed by atoms with Crippen molar-refractivity contribution in [1.29, 1.82) is 0 Å². The van der Waals surface area contributed by atoms with Crippen LogP contribution in [0.3, 0.4) is 0 Å². The van der Waals surface area contributed by atoms with Crippen molar-refractivity contribution < 1.29 is 0 Å². The third kappa shape index (κ3) is 2.50. The van der Waals surface area contributed by atoms with E-state index in [0.717, 1.165) is 40.2 Å². The minimum absolute atomic E-state index is 0.347. The summed E-state index contributed by atoms with van der Waals surface area (Å²) in [6.07, 6.45) is 6.71. The highest BCUT2D eigenvalue weighted by molar-refractivity contribution is 7.18. The van der Waals surface area contributed by atoms with Gasteiger partial charge in [0.05, 0.1) is 5.39 Å². The molecule has 5 heteroatoms. The topological polar surface area (TPSA) is 37.8 Å². The molecule has 0 spiro atoms. The molecule has 2 aliphatic rings. The van der Waals surface area contributed by atoms with Gasteiger partial charge in [-0.3, -0.25) is 0 Å². The Kier molecular flexibility index (Phi) is 3.77. The standard InChI is InChI=1S/C17H22ClN3S/c1-3-12-8-14-15(20-17(18)21-16(14)22-12)19-9(2)13-7-10-4-5-11(13)6-10/h8-11,13H,3-7H2,1-2H3,(H,19,20,21). The first-order valence-corrected chi connectivity index (χ1v) is 9.56. The molecule has 118 valence electrons. The molecule has 4 unspecified atom stereocenters. The maximum atomic E-state index is 6.13. The van der Waals surface area contributed by atoms with Crippen LogP contribution in [0.5, 0.6) is 0 Å². The maximum Gasteiger partial charge on any atom is 0.225 e. The molecule has 2 fully saturated rings. The summed E-state index contributed by atoms with van der Waals surface area (Å²) in [5.41, 5.74) is 0. The van der Waals surface area contributed by atoms with E-state index in [4.69, 9.17) is 11.6 Å². The quantitative estimate of drug-likeness (QED) is 0.786. The van der Waals surface area contributed by atoms with E-state index in [0.29, 0.717) is 11.3 Å². The molecular formula is C17H22ClN3S. The van der Waals surface area contributed by atoms with Crippen molar-refractivity contribution in [2.24, 2.45) is 17.8 Å². The highest BCUT2D eigenvalue weighted by atomic mass is 35.5. The fourth-order valence-electron chi connectivity index (χ4n) is 4.46. The number of aryl methyl sites for hydroxylation is 1. The molecule has 2 saturated carbocycles. The number of hydrogen-bond acceptors (Lipinski definition) is 4. The lowest BCUT2D eigenvalue weighted by atomic mass is 9.84.